The molecular weight excluding hydrogens is 694 g/mol. The molecule has 0 aromatic heterocycles. The Morgan fingerprint density at radius 2 is 1.85 bits per heavy atom. The molecule has 4 aliphatic heterocycles. The van der Waals surface area contributed by atoms with Crippen LogP contribution in [0.1, 0.15) is 37.3 Å². The van der Waals surface area contributed by atoms with E-state index >= 15 is 0 Å². The van der Waals surface area contributed by atoms with Gasteiger partial charge in [0.05, 0.1) is 43.1 Å². The first-order valence-electron chi connectivity index (χ1n) is 16.5. The second-order valence-corrected chi connectivity index (χ2v) is 18.7. The summed E-state index contributed by atoms with van der Waals surface area (Å²) in [7, 11) is -2.97. The highest BCUT2D eigenvalue weighted by Crippen LogP contribution is 2.60. The molecule has 2 fully saturated rings. The third kappa shape index (κ3) is 5.38. The highest BCUT2D eigenvalue weighted by Gasteiger charge is 2.66. The van der Waals surface area contributed by atoms with E-state index in [1.807, 2.05) is 86.7 Å². The van der Waals surface area contributed by atoms with Crippen LogP contribution in [0, 0.1) is 5.92 Å². The highest BCUT2D eigenvalue weighted by atomic mass is 79.9. The van der Waals surface area contributed by atoms with Gasteiger partial charge in [0, 0.05) is 33.7 Å². The number of rotatable bonds is 7. The number of fused-ring (bicyclic) bond motifs is 3. The first kappa shape index (κ1) is 33.0. The zero-order chi connectivity index (χ0) is 34.0. The Bertz CT molecular complexity index is 1780. The molecule has 3 aromatic rings. The topological polar surface area (TPSA) is 120 Å². The lowest BCUT2D eigenvalue weighted by Gasteiger charge is -2.33. The molecule has 0 radical (unpaired) electrons. The van der Waals surface area contributed by atoms with Gasteiger partial charge >= 0.3 is 0 Å². The summed E-state index contributed by atoms with van der Waals surface area (Å²) in [5.41, 5.74) is 1.76. The Labute approximate surface area is 289 Å². The molecule has 2 saturated heterocycles. The van der Waals surface area contributed by atoms with E-state index in [2.05, 4.69) is 15.9 Å². The monoisotopic (exact) mass is 733 g/mol. The SMILES string of the molecule is C[C@@H]1[C@@H]([Si](C)(C)O)[C@H](CC(=O)N2CCC[C@H]2CO)O[C@@]12C(=O)N(Cc1cccc(N3C(=O)COc4ccccc43)c1)c1ccc(Br)cc12. The van der Waals surface area contributed by atoms with Gasteiger partial charge in [0.1, 0.15) is 5.75 Å². The van der Waals surface area contributed by atoms with Crippen molar-refractivity contribution in [3.05, 3.63) is 82.3 Å². The Hall–Kier alpha value is -3.55. The largest absolute Gasteiger partial charge is 0.482 e. The molecular formula is C36H40BrN3O7Si. The molecule has 12 heteroatoms. The predicted molar refractivity (Wildman–Crippen MR) is 186 cm³/mol. The van der Waals surface area contributed by atoms with Gasteiger partial charge in [-0.25, -0.2) is 0 Å². The predicted octanol–water partition coefficient (Wildman–Crippen LogP) is 5.22. The van der Waals surface area contributed by atoms with E-state index in [0.29, 0.717) is 34.9 Å². The maximum atomic E-state index is 14.9. The fraction of sp³-hybridized carbons (Fsp3) is 0.417. The number of hydrogen-bond acceptors (Lipinski definition) is 7. The Morgan fingerprint density at radius 3 is 2.62 bits per heavy atom. The molecule has 3 aromatic carbocycles. The van der Waals surface area contributed by atoms with Crippen molar-refractivity contribution >= 4 is 59.0 Å². The van der Waals surface area contributed by atoms with Crippen LogP contribution in [0.15, 0.2) is 71.2 Å². The zero-order valence-electron chi connectivity index (χ0n) is 27.3. The third-order valence-electron chi connectivity index (χ3n) is 10.4. The number of aliphatic hydroxyl groups excluding tert-OH is 1. The van der Waals surface area contributed by atoms with Crippen molar-refractivity contribution in [2.24, 2.45) is 5.92 Å². The molecule has 3 amide bonds. The molecule has 0 saturated carbocycles. The van der Waals surface area contributed by atoms with Crippen molar-refractivity contribution in [3.63, 3.8) is 0 Å². The Balaban J connectivity index is 1.23. The molecule has 7 rings (SSSR count). The van der Waals surface area contributed by atoms with E-state index in [4.69, 9.17) is 9.47 Å². The highest BCUT2D eigenvalue weighted by molar-refractivity contribution is 9.10. The van der Waals surface area contributed by atoms with E-state index in [1.165, 1.54) is 0 Å². The number of carbonyl (C=O) groups is 3. The van der Waals surface area contributed by atoms with E-state index < -0.39 is 31.5 Å². The van der Waals surface area contributed by atoms with E-state index in [9.17, 15) is 24.3 Å². The van der Waals surface area contributed by atoms with Crippen LogP contribution in [0.4, 0.5) is 17.1 Å². The molecule has 2 N–H and O–H groups in total. The Morgan fingerprint density at radius 1 is 1.06 bits per heavy atom. The minimum Gasteiger partial charge on any atom is -0.482 e. The summed E-state index contributed by atoms with van der Waals surface area (Å²) in [4.78, 5) is 58.3. The summed E-state index contributed by atoms with van der Waals surface area (Å²) in [6.07, 6.45) is 0.929. The van der Waals surface area contributed by atoms with Crippen molar-refractivity contribution in [3.8, 4) is 5.75 Å². The van der Waals surface area contributed by atoms with Crippen LogP contribution in [0.2, 0.25) is 18.6 Å². The number of anilines is 3. The molecule has 0 unspecified atom stereocenters. The van der Waals surface area contributed by atoms with Crippen molar-refractivity contribution in [1.82, 2.24) is 4.90 Å². The van der Waals surface area contributed by atoms with E-state index in [-0.39, 0.29) is 49.9 Å². The molecule has 10 nitrogen and oxygen atoms in total. The van der Waals surface area contributed by atoms with Crippen LogP contribution in [0.25, 0.3) is 0 Å². The quantitative estimate of drug-likeness (QED) is 0.320. The molecule has 0 bridgehead atoms. The van der Waals surface area contributed by atoms with E-state index in [0.717, 1.165) is 22.9 Å². The van der Waals surface area contributed by atoms with Gasteiger partial charge in [0.2, 0.25) is 5.91 Å². The van der Waals surface area contributed by atoms with Gasteiger partial charge in [-0.3, -0.25) is 19.3 Å². The summed E-state index contributed by atoms with van der Waals surface area (Å²) < 4.78 is 13.3. The first-order chi connectivity index (χ1) is 22.9. The Kier molecular flexibility index (Phi) is 8.52. The molecule has 48 heavy (non-hydrogen) atoms. The van der Waals surface area contributed by atoms with Gasteiger partial charge in [-0.05, 0) is 74.0 Å². The number of hydrogen-bond donors (Lipinski definition) is 2. The number of amides is 3. The summed E-state index contributed by atoms with van der Waals surface area (Å²) in [6.45, 7) is 6.28. The van der Waals surface area contributed by atoms with Gasteiger partial charge in [-0.1, -0.05) is 47.1 Å². The number of ether oxygens (including phenoxy) is 2. The number of aliphatic hydroxyl groups is 1. The summed E-state index contributed by atoms with van der Waals surface area (Å²) in [5.74, 6) is -0.355. The average Bonchev–Trinajstić information content (AvgIpc) is 3.71. The van der Waals surface area contributed by atoms with Crippen LogP contribution in [-0.2, 0) is 31.3 Å². The van der Waals surface area contributed by atoms with E-state index in [1.54, 1.807) is 14.7 Å². The van der Waals surface area contributed by atoms with Gasteiger partial charge in [-0.15, -0.1) is 0 Å². The second-order valence-electron chi connectivity index (χ2n) is 13.8. The minimum atomic E-state index is -2.97. The molecule has 5 atom stereocenters. The van der Waals surface area contributed by atoms with Crippen molar-refractivity contribution in [2.75, 3.05) is 29.6 Å². The lowest BCUT2D eigenvalue weighted by molar-refractivity contribution is -0.150. The minimum absolute atomic E-state index is 0.0258. The van der Waals surface area contributed by atoms with Crippen LogP contribution < -0.4 is 14.5 Å². The number of para-hydroxylation sites is 2. The molecule has 252 valence electrons. The van der Waals surface area contributed by atoms with Gasteiger partial charge in [0.15, 0.2) is 20.5 Å². The van der Waals surface area contributed by atoms with Crippen molar-refractivity contribution in [1.29, 1.82) is 0 Å². The van der Waals surface area contributed by atoms with Crippen LogP contribution in [0.5, 0.6) is 5.75 Å². The molecule has 4 heterocycles. The van der Waals surface area contributed by atoms with Gasteiger partial charge < -0.3 is 29.2 Å². The molecule has 0 aliphatic carbocycles. The maximum Gasteiger partial charge on any atom is 0.269 e. The standard InChI is InChI=1S/C36H40BrN3O7Si/c1-22-34(48(2,3)45)31(18-32(42)38-15-7-10-26(38)20-41)47-36(22)27-17-24(37)13-14-28(27)39(35(36)44)19-23-8-6-9-25(16-23)40-29-11-4-5-12-30(29)46-21-33(40)43/h4-6,8-9,11-14,16-17,22,26,31,34,41,45H,7,10,15,18-21H2,1-3H3/t22-,26+,31+,34-,36+/m1/s1. The van der Waals surface area contributed by atoms with Gasteiger partial charge in [-0.2, -0.15) is 0 Å². The second kappa shape index (κ2) is 12.4. The van der Waals surface area contributed by atoms with Crippen molar-refractivity contribution < 1.29 is 33.8 Å². The fourth-order valence-electron chi connectivity index (χ4n) is 8.41. The van der Waals surface area contributed by atoms with Gasteiger partial charge in [0.25, 0.3) is 11.8 Å². The number of nitrogens with zero attached hydrogens (tertiary/aromatic N) is 3. The summed E-state index contributed by atoms with van der Waals surface area (Å²) in [5, 5.41) is 9.87. The van der Waals surface area contributed by atoms with Crippen molar-refractivity contribution in [2.45, 2.75) is 69.1 Å². The lowest BCUT2D eigenvalue weighted by Crippen LogP contribution is -2.46. The zero-order valence-corrected chi connectivity index (χ0v) is 29.9. The number of carbonyl (C=O) groups excluding carboxylic acids is 3. The number of benzene rings is 3. The smallest absolute Gasteiger partial charge is 0.269 e. The number of likely N-dealkylation sites (tertiary alicyclic amines) is 1. The first-order valence-corrected chi connectivity index (χ1v) is 20.3. The molecule has 4 aliphatic rings. The third-order valence-corrected chi connectivity index (χ3v) is 13.4. The average molecular weight is 735 g/mol. The molecule has 1 spiro atoms. The normalized spacial score (nSPS) is 26.7. The summed E-state index contributed by atoms with van der Waals surface area (Å²) in [6, 6.07) is 20.5. The summed E-state index contributed by atoms with van der Waals surface area (Å²) >= 11 is 3.61. The van der Waals surface area contributed by atoms with Crippen LogP contribution in [0.3, 0.4) is 0 Å². The van der Waals surface area contributed by atoms with Crippen LogP contribution >= 0.6 is 15.9 Å². The maximum absolute atomic E-state index is 14.9. The fourth-order valence-corrected chi connectivity index (χ4v) is 11.3. The van der Waals surface area contributed by atoms with Crippen LogP contribution in [-0.4, -0.2) is 72.7 Å². The lowest BCUT2D eigenvalue weighted by atomic mass is 9.82. The number of halogens is 1.